The van der Waals surface area contributed by atoms with E-state index in [0.29, 0.717) is 30.9 Å². The van der Waals surface area contributed by atoms with E-state index in [9.17, 15) is 9.59 Å². The Morgan fingerprint density at radius 2 is 1.54 bits per heavy atom. The average molecular weight is 384 g/mol. The fourth-order valence-electron chi connectivity index (χ4n) is 2.32. The Kier molecular flexibility index (Phi) is 9.31. The number of hydrogen-bond acceptors (Lipinski definition) is 6. The smallest absolute Gasteiger partial charge is 0.341 e. The van der Waals surface area contributed by atoms with Crippen LogP contribution < -0.4 is 4.74 Å². The molecule has 0 saturated heterocycles. The first-order valence-corrected chi connectivity index (χ1v) is 9.00. The van der Waals surface area contributed by atoms with E-state index in [1.807, 2.05) is 30.3 Å². The van der Waals surface area contributed by atoms with Crippen LogP contribution in [0.1, 0.15) is 15.9 Å². The molecule has 148 valence electrons. The van der Waals surface area contributed by atoms with Gasteiger partial charge in [0.2, 0.25) is 0 Å². The average Bonchev–Trinajstić information content (AvgIpc) is 2.73. The molecule has 0 spiro atoms. The lowest BCUT2D eigenvalue weighted by atomic mass is 10.2. The van der Waals surface area contributed by atoms with E-state index in [-0.39, 0.29) is 19.8 Å². The minimum Gasteiger partial charge on any atom is -0.490 e. The van der Waals surface area contributed by atoms with Gasteiger partial charge in [-0.25, -0.2) is 9.59 Å². The van der Waals surface area contributed by atoms with Crippen LogP contribution in [0, 0.1) is 0 Å². The van der Waals surface area contributed by atoms with Crippen molar-refractivity contribution in [3.8, 4) is 5.75 Å². The number of carbonyl (C=O) groups excluding carboxylic acids is 2. The minimum absolute atomic E-state index is 0.148. The van der Waals surface area contributed by atoms with Crippen molar-refractivity contribution < 1.29 is 28.5 Å². The van der Waals surface area contributed by atoms with Crippen LogP contribution in [-0.4, -0.2) is 45.0 Å². The van der Waals surface area contributed by atoms with Crippen molar-refractivity contribution in [1.29, 1.82) is 0 Å². The third-order valence-electron chi connectivity index (χ3n) is 3.70. The van der Waals surface area contributed by atoms with E-state index in [1.165, 1.54) is 0 Å². The molecule has 0 heterocycles. The molecular weight excluding hydrogens is 360 g/mol. The lowest BCUT2D eigenvalue weighted by molar-refractivity contribution is -0.139. The summed E-state index contributed by atoms with van der Waals surface area (Å²) in [4.78, 5) is 23.2. The zero-order valence-electron chi connectivity index (χ0n) is 15.7. The summed E-state index contributed by atoms with van der Waals surface area (Å²) in [6.07, 6.45) is 1.75. The quantitative estimate of drug-likeness (QED) is 0.318. The molecule has 0 N–H and O–H groups in total. The molecule has 0 aromatic heterocycles. The fourth-order valence-corrected chi connectivity index (χ4v) is 2.32. The third kappa shape index (κ3) is 7.63. The van der Waals surface area contributed by atoms with Crippen molar-refractivity contribution in [2.45, 2.75) is 6.42 Å². The summed E-state index contributed by atoms with van der Waals surface area (Å²) < 4.78 is 21.1. The standard InChI is InChI=1S/C22H24O6/c1-2-21(23)27-17-15-25-14-16-26-20-11-7-6-10-19(20)22(24)28-13-12-18-8-4-3-5-9-18/h2-11H,1,12-17H2. The third-order valence-corrected chi connectivity index (χ3v) is 3.70. The van der Waals surface area contributed by atoms with Crippen LogP contribution in [-0.2, 0) is 25.4 Å². The van der Waals surface area contributed by atoms with Crippen LogP contribution in [0.2, 0.25) is 0 Å². The summed E-state index contributed by atoms with van der Waals surface area (Å²) >= 11 is 0. The minimum atomic E-state index is -0.487. The second-order valence-corrected chi connectivity index (χ2v) is 5.70. The van der Waals surface area contributed by atoms with Crippen LogP contribution in [0.4, 0.5) is 0 Å². The monoisotopic (exact) mass is 384 g/mol. The van der Waals surface area contributed by atoms with E-state index < -0.39 is 11.9 Å². The number of esters is 2. The molecule has 0 atom stereocenters. The Balaban J connectivity index is 1.71. The Morgan fingerprint density at radius 1 is 0.821 bits per heavy atom. The Morgan fingerprint density at radius 3 is 2.32 bits per heavy atom. The van der Waals surface area contributed by atoms with Gasteiger partial charge in [0.15, 0.2) is 0 Å². The van der Waals surface area contributed by atoms with Crippen LogP contribution >= 0.6 is 0 Å². The van der Waals surface area contributed by atoms with Crippen molar-refractivity contribution in [2.24, 2.45) is 0 Å². The molecule has 6 heteroatoms. The van der Waals surface area contributed by atoms with Crippen molar-refractivity contribution in [3.05, 3.63) is 78.4 Å². The van der Waals surface area contributed by atoms with Gasteiger partial charge in [-0.2, -0.15) is 0 Å². The summed E-state index contributed by atoms with van der Waals surface area (Å²) in [5.74, 6) is -0.475. The number of carbonyl (C=O) groups is 2. The summed E-state index contributed by atoms with van der Waals surface area (Å²) in [6, 6.07) is 16.7. The fraction of sp³-hybridized carbons (Fsp3) is 0.273. The predicted molar refractivity (Wildman–Crippen MR) is 104 cm³/mol. The molecule has 0 radical (unpaired) electrons. The number of rotatable bonds is 12. The molecule has 0 fully saturated rings. The predicted octanol–water partition coefficient (Wildman–Crippen LogP) is 3.21. The molecule has 0 aliphatic carbocycles. The lowest BCUT2D eigenvalue weighted by Crippen LogP contribution is -2.14. The van der Waals surface area contributed by atoms with Gasteiger partial charge in [-0.15, -0.1) is 0 Å². The van der Waals surface area contributed by atoms with Crippen molar-refractivity contribution >= 4 is 11.9 Å². The van der Waals surface area contributed by atoms with Crippen LogP contribution in [0.3, 0.4) is 0 Å². The van der Waals surface area contributed by atoms with E-state index >= 15 is 0 Å². The Hall–Kier alpha value is -3.12. The van der Waals surface area contributed by atoms with E-state index in [1.54, 1.807) is 24.3 Å². The Bertz CT molecular complexity index is 757. The van der Waals surface area contributed by atoms with Crippen LogP contribution in [0.5, 0.6) is 5.75 Å². The molecule has 28 heavy (non-hydrogen) atoms. The van der Waals surface area contributed by atoms with Gasteiger partial charge in [-0.1, -0.05) is 49.0 Å². The first kappa shape index (κ1) is 21.2. The molecule has 0 saturated carbocycles. The number of hydrogen-bond donors (Lipinski definition) is 0. The second-order valence-electron chi connectivity index (χ2n) is 5.70. The van der Waals surface area contributed by atoms with E-state index in [0.717, 1.165) is 11.6 Å². The van der Waals surface area contributed by atoms with Crippen molar-refractivity contribution in [1.82, 2.24) is 0 Å². The summed E-state index contributed by atoms with van der Waals surface area (Å²) in [5, 5.41) is 0. The highest BCUT2D eigenvalue weighted by atomic mass is 16.6. The molecule has 2 aromatic carbocycles. The SMILES string of the molecule is C=CC(=O)OCCOCCOc1ccccc1C(=O)OCCc1ccccc1. The molecule has 0 unspecified atom stereocenters. The molecule has 2 rings (SSSR count). The highest BCUT2D eigenvalue weighted by molar-refractivity contribution is 5.92. The largest absolute Gasteiger partial charge is 0.490 e. The molecule has 0 aliphatic rings. The van der Waals surface area contributed by atoms with Gasteiger partial charge in [-0.05, 0) is 17.7 Å². The first-order valence-electron chi connectivity index (χ1n) is 9.00. The Labute approximate surface area is 164 Å². The lowest BCUT2D eigenvalue weighted by Gasteiger charge is -2.11. The molecule has 0 bridgehead atoms. The molecule has 2 aromatic rings. The number of para-hydroxylation sites is 1. The molecular formula is C22H24O6. The maximum absolute atomic E-state index is 12.3. The van der Waals surface area contributed by atoms with Crippen LogP contribution in [0.15, 0.2) is 67.3 Å². The second kappa shape index (κ2) is 12.3. The van der Waals surface area contributed by atoms with Gasteiger partial charge >= 0.3 is 11.9 Å². The van der Waals surface area contributed by atoms with E-state index in [2.05, 4.69) is 6.58 Å². The molecule has 6 nitrogen and oxygen atoms in total. The summed E-state index contributed by atoms with van der Waals surface area (Å²) in [7, 11) is 0. The normalized spacial score (nSPS) is 10.1. The van der Waals surface area contributed by atoms with Gasteiger partial charge in [0.25, 0.3) is 0 Å². The van der Waals surface area contributed by atoms with E-state index in [4.69, 9.17) is 18.9 Å². The zero-order valence-corrected chi connectivity index (χ0v) is 15.7. The maximum Gasteiger partial charge on any atom is 0.341 e. The van der Waals surface area contributed by atoms with Crippen molar-refractivity contribution in [2.75, 3.05) is 33.0 Å². The maximum atomic E-state index is 12.3. The van der Waals surface area contributed by atoms with Gasteiger partial charge in [0.1, 0.15) is 24.5 Å². The summed E-state index contributed by atoms with van der Waals surface area (Å²) in [6.45, 7) is 4.55. The highest BCUT2D eigenvalue weighted by Gasteiger charge is 2.13. The van der Waals surface area contributed by atoms with Gasteiger partial charge < -0.3 is 18.9 Å². The highest BCUT2D eigenvalue weighted by Crippen LogP contribution is 2.19. The topological polar surface area (TPSA) is 71.1 Å². The van der Waals surface area contributed by atoms with Gasteiger partial charge in [0.05, 0.1) is 19.8 Å². The summed E-state index contributed by atoms with van der Waals surface area (Å²) in [5.41, 5.74) is 1.48. The molecule has 0 amide bonds. The van der Waals surface area contributed by atoms with Gasteiger partial charge in [-0.3, -0.25) is 0 Å². The number of ether oxygens (including phenoxy) is 4. The number of benzene rings is 2. The van der Waals surface area contributed by atoms with Crippen LogP contribution in [0.25, 0.3) is 0 Å². The molecule has 0 aliphatic heterocycles. The van der Waals surface area contributed by atoms with Crippen molar-refractivity contribution in [3.63, 3.8) is 0 Å². The van der Waals surface area contributed by atoms with Gasteiger partial charge in [0, 0.05) is 12.5 Å². The zero-order chi connectivity index (χ0) is 20.0. The first-order chi connectivity index (χ1) is 13.7.